The number of aliphatic hydroxyl groups is 1. The smallest absolute Gasteiger partial charge is 0.329 e. The Labute approximate surface area is 209 Å². The van der Waals surface area contributed by atoms with Crippen molar-refractivity contribution in [3.8, 4) is 0 Å². The standard InChI is InChI=1S/C26H43N3O6/c1-7-8-9-10-11-17(4)20(14-15-30)23-25(33)27-18(5)12-13-21(31)28-19(6)24(32)29-22(16(2)3)26(34)35-23/h12-13,16-17,19-20,22-23,30H,5,7-11,14-15H2,1-4,6H3,(H,27,33)(H,28,31)(H,29,32)/b13-12+/t17?,19-,20?,22+,23?/m0/s1. The van der Waals surface area contributed by atoms with E-state index in [4.69, 9.17) is 4.74 Å². The molecule has 0 aromatic rings. The molecule has 9 heteroatoms. The largest absolute Gasteiger partial charge is 0.450 e. The number of amides is 3. The van der Waals surface area contributed by atoms with E-state index in [1.165, 1.54) is 19.1 Å². The number of hydrogen-bond acceptors (Lipinski definition) is 6. The van der Waals surface area contributed by atoms with Crippen LogP contribution >= 0.6 is 0 Å². The van der Waals surface area contributed by atoms with Crippen LogP contribution in [-0.4, -0.2) is 53.6 Å². The molecule has 1 aliphatic heterocycles. The minimum Gasteiger partial charge on any atom is -0.450 e. The molecule has 1 aliphatic rings. The lowest BCUT2D eigenvalue weighted by Crippen LogP contribution is -2.54. The van der Waals surface area contributed by atoms with E-state index in [1.54, 1.807) is 13.8 Å². The first-order valence-electron chi connectivity index (χ1n) is 12.6. The van der Waals surface area contributed by atoms with E-state index in [0.29, 0.717) is 0 Å². The van der Waals surface area contributed by atoms with Gasteiger partial charge >= 0.3 is 5.97 Å². The van der Waals surface area contributed by atoms with Crippen LogP contribution in [-0.2, 0) is 23.9 Å². The van der Waals surface area contributed by atoms with E-state index in [0.717, 1.165) is 32.1 Å². The van der Waals surface area contributed by atoms with E-state index < -0.39 is 47.8 Å². The Bertz CT molecular complexity index is 779. The zero-order chi connectivity index (χ0) is 26.5. The van der Waals surface area contributed by atoms with E-state index in [-0.39, 0.29) is 30.6 Å². The Morgan fingerprint density at radius 2 is 1.69 bits per heavy atom. The van der Waals surface area contributed by atoms with Gasteiger partial charge in [0.15, 0.2) is 6.10 Å². The molecule has 0 aliphatic carbocycles. The van der Waals surface area contributed by atoms with Crippen LogP contribution < -0.4 is 16.0 Å². The van der Waals surface area contributed by atoms with Crippen LogP contribution in [0.15, 0.2) is 24.4 Å². The number of carbonyl (C=O) groups excluding carboxylic acids is 4. The Kier molecular flexibility index (Phi) is 13.3. The van der Waals surface area contributed by atoms with Gasteiger partial charge in [0.2, 0.25) is 11.8 Å². The number of esters is 1. The van der Waals surface area contributed by atoms with Gasteiger partial charge in [-0.2, -0.15) is 0 Å². The minimum absolute atomic E-state index is 0.0110. The van der Waals surface area contributed by atoms with E-state index in [1.807, 2.05) is 6.92 Å². The van der Waals surface area contributed by atoms with E-state index in [2.05, 4.69) is 29.5 Å². The number of aliphatic hydroxyl groups excluding tert-OH is 1. The third-order valence-corrected chi connectivity index (χ3v) is 6.29. The summed E-state index contributed by atoms with van der Waals surface area (Å²) in [5, 5.41) is 17.5. The van der Waals surface area contributed by atoms with E-state index in [9.17, 15) is 24.3 Å². The highest BCUT2D eigenvalue weighted by Gasteiger charge is 2.38. The molecule has 4 N–H and O–H groups in total. The number of carbonyl (C=O) groups is 4. The quantitative estimate of drug-likeness (QED) is 0.273. The van der Waals surface area contributed by atoms with Crippen molar-refractivity contribution >= 4 is 23.7 Å². The number of cyclic esters (lactones) is 1. The van der Waals surface area contributed by atoms with Gasteiger partial charge in [-0.3, -0.25) is 14.4 Å². The molecule has 3 unspecified atom stereocenters. The fraction of sp³-hybridized carbons (Fsp3) is 0.692. The third-order valence-electron chi connectivity index (χ3n) is 6.29. The van der Waals surface area contributed by atoms with Gasteiger partial charge in [0.25, 0.3) is 5.91 Å². The van der Waals surface area contributed by atoms with Crippen LogP contribution in [0.3, 0.4) is 0 Å². The van der Waals surface area contributed by atoms with Crippen molar-refractivity contribution in [1.29, 1.82) is 0 Å². The molecule has 1 heterocycles. The van der Waals surface area contributed by atoms with Crippen molar-refractivity contribution < 1.29 is 29.0 Å². The van der Waals surface area contributed by atoms with Crippen molar-refractivity contribution in [3.63, 3.8) is 0 Å². The number of rotatable bonds is 10. The number of allylic oxidation sites excluding steroid dienone is 1. The summed E-state index contributed by atoms with van der Waals surface area (Å²) in [7, 11) is 0. The van der Waals surface area contributed by atoms with Gasteiger partial charge < -0.3 is 25.8 Å². The van der Waals surface area contributed by atoms with Crippen LogP contribution in [0.2, 0.25) is 0 Å². The Hall–Kier alpha value is -2.68. The molecule has 0 aromatic heterocycles. The summed E-state index contributed by atoms with van der Waals surface area (Å²) in [5.74, 6) is -3.21. The number of ether oxygens (including phenoxy) is 1. The molecule has 1 rings (SSSR count). The zero-order valence-electron chi connectivity index (χ0n) is 21.8. The van der Waals surface area contributed by atoms with Crippen molar-refractivity contribution in [1.82, 2.24) is 16.0 Å². The molecule has 0 bridgehead atoms. The molecule has 35 heavy (non-hydrogen) atoms. The first-order chi connectivity index (χ1) is 16.5. The molecule has 5 atom stereocenters. The van der Waals surface area contributed by atoms with Crippen LogP contribution in [0.5, 0.6) is 0 Å². The second-order valence-corrected chi connectivity index (χ2v) is 9.67. The normalized spacial score (nSPS) is 25.1. The predicted molar refractivity (Wildman–Crippen MR) is 134 cm³/mol. The average molecular weight is 494 g/mol. The zero-order valence-corrected chi connectivity index (χ0v) is 21.8. The number of hydrogen-bond donors (Lipinski definition) is 4. The molecular weight excluding hydrogens is 450 g/mol. The number of nitrogens with one attached hydrogen (secondary N) is 3. The van der Waals surface area contributed by atoms with Crippen LogP contribution in [0.25, 0.3) is 0 Å². The highest BCUT2D eigenvalue weighted by molar-refractivity contribution is 5.95. The first kappa shape index (κ1) is 30.4. The summed E-state index contributed by atoms with van der Waals surface area (Å²) in [5.41, 5.74) is 0.138. The van der Waals surface area contributed by atoms with Crippen LogP contribution in [0.1, 0.15) is 73.1 Å². The molecule has 3 amide bonds. The topological polar surface area (TPSA) is 134 Å². The molecule has 0 fully saturated rings. The second kappa shape index (κ2) is 15.3. The monoisotopic (exact) mass is 493 g/mol. The van der Waals surface area contributed by atoms with Crippen molar-refractivity contribution in [2.24, 2.45) is 17.8 Å². The number of unbranched alkanes of at least 4 members (excludes halogenated alkanes) is 3. The summed E-state index contributed by atoms with van der Waals surface area (Å²) in [6.45, 7) is 12.7. The van der Waals surface area contributed by atoms with Gasteiger partial charge in [-0.15, -0.1) is 0 Å². The van der Waals surface area contributed by atoms with Gasteiger partial charge in [-0.05, 0) is 31.3 Å². The molecule has 0 saturated heterocycles. The molecule has 0 saturated carbocycles. The second-order valence-electron chi connectivity index (χ2n) is 9.67. The highest BCUT2D eigenvalue weighted by atomic mass is 16.6. The lowest BCUT2D eigenvalue weighted by Gasteiger charge is -2.32. The molecule has 0 spiro atoms. The van der Waals surface area contributed by atoms with Gasteiger partial charge in [-0.1, -0.05) is 66.4 Å². The van der Waals surface area contributed by atoms with Gasteiger partial charge in [0.05, 0.1) is 0 Å². The maximum absolute atomic E-state index is 13.3. The first-order valence-corrected chi connectivity index (χ1v) is 12.6. The summed E-state index contributed by atoms with van der Waals surface area (Å²) in [6.07, 6.45) is 6.60. The Balaban J connectivity index is 3.32. The third kappa shape index (κ3) is 10.2. The van der Waals surface area contributed by atoms with Crippen molar-refractivity contribution in [3.05, 3.63) is 24.4 Å². The summed E-state index contributed by atoms with van der Waals surface area (Å²) < 4.78 is 5.77. The summed E-state index contributed by atoms with van der Waals surface area (Å²) in [4.78, 5) is 51.3. The predicted octanol–water partition coefficient (Wildman–Crippen LogP) is 2.35. The summed E-state index contributed by atoms with van der Waals surface area (Å²) >= 11 is 0. The summed E-state index contributed by atoms with van der Waals surface area (Å²) in [6, 6.07) is -1.92. The maximum Gasteiger partial charge on any atom is 0.329 e. The van der Waals surface area contributed by atoms with Crippen molar-refractivity contribution in [2.75, 3.05) is 6.61 Å². The Morgan fingerprint density at radius 3 is 2.29 bits per heavy atom. The van der Waals surface area contributed by atoms with Crippen molar-refractivity contribution in [2.45, 2.75) is 91.3 Å². The van der Waals surface area contributed by atoms with Gasteiger partial charge in [-0.25, -0.2) is 4.79 Å². The lowest BCUT2D eigenvalue weighted by molar-refractivity contribution is -0.164. The maximum atomic E-state index is 13.3. The van der Waals surface area contributed by atoms with E-state index >= 15 is 0 Å². The Morgan fingerprint density at radius 1 is 1.00 bits per heavy atom. The lowest BCUT2D eigenvalue weighted by atomic mass is 9.82. The van der Waals surface area contributed by atoms with Gasteiger partial charge in [0, 0.05) is 24.3 Å². The fourth-order valence-electron chi connectivity index (χ4n) is 4.07. The molecule has 0 aromatic carbocycles. The average Bonchev–Trinajstić information content (AvgIpc) is 2.79. The fourth-order valence-corrected chi connectivity index (χ4v) is 4.07. The molecular formula is C26H43N3O6. The SMILES string of the molecule is C=C1/C=C/C(=O)N[C@@H](C)C(=O)N[C@H](C(C)C)C(=O)OC(C(CCO)C(C)CCCCCC)C(=O)N1. The van der Waals surface area contributed by atoms with Crippen LogP contribution in [0, 0.1) is 17.8 Å². The minimum atomic E-state index is -1.20. The molecule has 0 radical (unpaired) electrons. The van der Waals surface area contributed by atoms with Crippen LogP contribution in [0.4, 0.5) is 0 Å². The highest BCUT2D eigenvalue weighted by Crippen LogP contribution is 2.28. The van der Waals surface area contributed by atoms with Gasteiger partial charge in [0.1, 0.15) is 12.1 Å². The molecule has 198 valence electrons. The molecule has 9 nitrogen and oxygen atoms in total.